The van der Waals surface area contributed by atoms with Crippen LogP contribution >= 0.6 is 11.6 Å². The fourth-order valence-corrected chi connectivity index (χ4v) is 3.57. The minimum Gasteiger partial charge on any atom is -0.352 e. The molecule has 3 aromatic rings. The summed E-state index contributed by atoms with van der Waals surface area (Å²) in [6, 6.07) is 17.4. The fourth-order valence-electron chi connectivity index (χ4n) is 3.37. The minimum absolute atomic E-state index is 0.0792. The van der Waals surface area contributed by atoms with E-state index in [4.69, 9.17) is 11.6 Å². The average Bonchev–Trinajstić information content (AvgIpc) is 2.76. The summed E-state index contributed by atoms with van der Waals surface area (Å²) in [5, 5.41) is 9.20. The molecule has 1 saturated heterocycles. The average molecular weight is 411 g/mol. The van der Waals surface area contributed by atoms with Crippen LogP contribution in [0, 0.1) is 5.82 Å². The fraction of sp³-hybridized carbons (Fsp3) is 0.227. The topological polar surface area (TPSA) is 49.3 Å². The highest BCUT2D eigenvalue weighted by Crippen LogP contribution is 2.21. The number of carbonyl (C=O) groups is 1. The van der Waals surface area contributed by atoms with E-state index in [1.165, 1.54) is 12.1 Å². The van der Waals surface area contributed by atoms with Gasteiger partial charge in [-0.1, -0.05) is 29.8 Å². The maximum Gasteiger partial charge on any atom is 0.227 e. The van der Waals surface area contributed by atoms with E-state index in [0.717, 1.165) is 16.9 Å². The lowest BCUT2D eigenvalue weighted by molar-refractivity contribution is -0.130. The molecule has 0 saturated carbocycles. The first-order valence-electron chi connectivity index (χ1n) is 9.46. The maximum atomic E-state index is 13.1. The first kappa shape index (κ1) is 19.3. The second-order valence-electron chi connectivity index (χ2n) is 6.92. The van der Waals surface area contributed by atoms with Crippen molar-refractivity contribution < 1.29 is 9.18 Å². The molecule has 0 unspecified atom stereocenters. The van der Waals surface area contributed by atoms with Gasteiger partial charge in [0, 0.05) is 36.8 Å². The predicted octanol–water partition coefficient (Wildman–Crippen LogP) is 3.83. The number of nitrogens with zero attached hydrogens (tertiary/aromatic N) is 4. The molecular formula is C22H20ClFN4O. The Kier molecular flexibility index (Phi) is 5.71. The Hall–Kier alpha value is -2.99. The van der Waals surface area contributed by atoms with Crippen LogP contribution in [0.25, 0.3) is 11.3 Å². The molecule has 1 aliphatic rings. The first-order valence-corrected chi connectivity index (χ1v) is 9.84. The molecule has 1 aliphatic heterocycles. The molecule has 1 fully saturated rings. The van der Waals surface area contributed by atoms with Gasteiger partial charge >= 0.3 is 0 Å². The van der Waals surface area contributed by atoms with E-state index in [-0.39, 0.29) is 11.7 Å². The normalized spacial score (nSPS) is 14.1. The molecule has 7 heteroatoms. The van der Waals surface area contributed by atoms with Crippen LogP contribution in [0.2, 0.25) is 5.02 Å². The Balaban J connectivity index is 1.35. The lowest BCUT2D eigenvalue weighted by atomic mass is 10.1. The van der Waals surface area contributed by atoms with Crippen LogP contribution < -0.4 is 4.90 Å². The summed E-state index contributed by atoms with van der Waals surface area (Å²) >= 11 is 6.16. The highest BCUT2D eigenvalue weighted by Gasteiger charge is 2.22. The van der Waals surface area contributed by atoms with E-state index < -0.39 is 0 Å². The van der Waals surface area contributed by atoms with Gasteiger partial charge in [-0.05, 0) is 48.0 Å². The van der Waals surface area contributed by atoms with Crippen molar-refractivity contribution in [3.8, 4) is 11.3 Å². The molecule has 0 aliphatic carbocycles. The Morgan fingerprint density at radius 2 is 1.66 bits per heavy atom. The van der Waals surface area contributed by atoms with Gasteiger partial charge in [-0.2, -0.15) is 0 Å². The van der Waals surface area contributed by atoms with Gasteiger partial charge in [0.25, 0.3) is 0 Å². The summed E-state index contributed by atoms with van der Waals surface area (Å²) in [5.74, 6) is 0.574. The van der Waals surface area contributed by atoms with E-state index in [0.29, 0.717) is 43.3 Å². The first-order chi connectivity index (χ1) is 14.1. The van der Waals surface area contributed by atoms with Gasteiger partial charge < -0.3 is 9.80 Å². The molecule has 29 heavy (non-hydrogen) atoms. The Bertz CT molecular complexity index is 986. The number of halogens is 2. The van der Waals surface area contributed by atoms with Gasteiger partial charge in [0.1, 0.15) is 5.82 Å². The monoisotopic (exact) mass is 410 g/mol. The standard InChI is InChI=1S/C22H20ClFN4O/c23-19-4-2-1-3-17(19)15-22(29)28-13-11-27(12-14-28)21-10-9-20(25-26-21)16-5-7-18(24)8-6-16/h1-10H,11-15H2. The summed E-state index contributed by atoms with van der Waals surface area (Å²) < 4.78 is 13.1. The number of benzene rings is 2. The predicted molar refractivity (Wildman–Crippen MR) is 111 cm³/mol. The van der Waals surface area contributed by atoms with E-state index >= 15 is 0 Å². The molecule has 2 aromatic carbocycles. The third kappa shape index (κ3) is 4.54. The number of piperazine rings is 1. The summed E-state index contributed by atoms with van der Waals surface area (Å²) in [6.07, 6.45) is 0.311. The quantitative estimate of drug-likeness (QED) is 0.656. The Morgan fingerprint density at radius 1 is 0.931 bits per heavy atom. The van der Waals surface area contributed by atoms with Gasteiger partial charge in [0.05, 0.1) is 12.1 Å². The molecule has 148 valence electrons. The zero-order chi connectivity index (χ0) is 20.2. The zero-order valence-corrected chi connectivity index (χ0v) is 16.5. The molecule has 2 heterocycles. The van der Waals surface area contributed by atoms with Crippen molar-refractivity contribution in [1.82, 2.24) is 15.1 Å². The van der Waals surface area contributed by atoms with Crippen LogP contribution in [0.4, 0.5) is 10.2 Å². The van der Waals surface area contributed by atoms with Crippen molar-refractivity contribution in [3.05, 3.63) is 77.1 Å². The lowest BCUT2D eigenvalue weighted by Gasteiger charge is -2.35. The molecule has 4 rings (SSSR count). The number of anilines is 1. The van der Waals surface area contributed by atoms with Crippen molar-refractivity contribution in [3.63, 3.8) is 0 Å². The molecule has 0 N–H and O–H groups in total. The summed E-state index contributed by atoms with van der Waals surface area (Å²) in [6.45, 7) is 2.65. The highest BCUT2D eigenvalue weighted by atomic mass is 35.5. The second kappa shape index (κ2) is 8.57. The third-order valence-corrected chi connectivity index (χ3v) is 5.42. The van der Waals surface area contributed by atoms with Crippen LogP contribution in [0.1, 0.15) is 5.56 Å². The van der Waals surface area contributed by atoms with Crippen LogP contribution in [-0.4, -0.2) is 47.2 Å². The van der Waals surface area contributed by atoms with Crippen molar-refractivity contribution in [1.29, 1.82) is 0 Å². The van der Waals surface area contributed by atoms with Crippen LogP contribution in [0.5, 0.6) is 0 Å². The molecule has 0 atom stereocenters. The zero-order valence-electron chi connectivity index (χ0n) is 15.8. The number of rotatable bonds is 4. The molecule has 5 nitrogen and oxygen atoms in total. The number of amides is 1. The van der Waals surface area contributed by atoms with Gasteiger partial charge in [-0.15, -0.1) is 10.2 Å². The molecule has 0 spiro atoms. The minimum atomic E-state index is -0.278. The maximum absolute atomic E-state index is 13.1. The third-order valence-electron chi connectivity index (χ3n) is 5.05. The van der Waals surface area contributed by atoms with Gasteiger partial charge in [0.2, 0.25) is 5.91 Å². The van der Waals surface area contributed by atoms with Gasteiger partial charge in [0.15, 0.2) is 5.82 Å². The van der Waals surface area contributed by atoms with Crippen molar-refractivity contribution >= 4 is 23.3 Å². The number of aromatic nitrogens is 2. The van der Waals surface area contributed by atoms with Crippen LogP contribution in [0.3, 0.4) is 0 Å². The number of carbonyl (C=O) groups excluding carboxylic acids is 1. The second-order valence-corrected chi connectivity index (χ2v) is 7.33. The van der Waals surface area contributed by atoms with E-state index in [1.54, 1.807) is 18.2 Å². The van der Waals surface area contributed by atoms with E-state index in [1.807, 2.05) is 35.2 Å². The summed E-state index contributed by atoms with van der Waals surface area (Å²) in [5.41, 5.74) is 2.37. The highest BCUT2D eigenvalue weighted by molar-refractivity contribution is 6.31. The number of hydrogen-bond acceptors (Lipinski definition) is 4. The largest absolute Gasteiger partial charge is 0.352 e. The van der Waals surface area contributed by atoms with Crippen molar-refractivity contribution in [2.75, 3.05) is 31.1 Å². The molecule has 1 amide bonds. The van der Waals surface area contributed by atoms with Gasteiger partial charge in [-0.25, -0.2) is 4.39 Å². The smallest absolute Gasteiger partial charge is 0.227 e. The lowest BCUT2D eigenvalue weighted by Crippen LogP contribution is -2.49. The van der Waals surface area contributed by atoms with Crippen LogP contribution in [-0.2, 0) is 11.2 Å². The van der Waals surface area contributed by atoms with E-state index in [9.17, 15) is 9.18 Å². The molecule has 1 aromatic heterocycles. The van der Waals surface area contributed by atoms with Crippen molar-refractivity contribution in [2.24, 2.45) is 0 Å². The number of hydrogen-bond donors (Lipinski definition) is 0. The van der Waals surface area contributed by atoms with Crippen molar-refractivity contribution in [2.45, 2.75) is 6.42 Å². The SMILES string of the molecule is O=C(Cc1ccccc1Cl)N1CCN(c2ccc(-c3ccc(F)cc3)nn2)CC1. The Labute approximate surface area is 173 Å². The van der Waals surface area contributed by atoms with E-state index in [2.05, 4.69) is 15.1 Å². The molecule has 0 bridgehead atoms. The molecule has 0 radical (unpaired) electrons. The summed E-state index contributed by atoms with van der Waals surface area (Å²) in [7, 11) is 0. The van der Waals surface area contributed by atoms with Crippen LogP contribution in [0.15, 0.2) is 60.7 Å². The summed E-state index contributed by atoms with van der Waals surface area (Å²) in [4.78, 5) is 16.6. The van der Waals surface area contributed by atoms with Gasteiger partial charge in [-0.3, -0.25) is 4.79 Å². The Morgan fingerprint density at radius 3 is 2.31 bits per heavy atom. The molecular weight excluding hydrogens is 391 g/mol.